The van der Waals surface area contributed by atoms with Crippen LogP contribution in [0.15, 0.2) is 87.5 Å². The fourth-order valence-electron chi connectivity index (χ4n) is 1.78. The summed E-state index contributed by atoms with van der Waals surface area (Å²) in [6.07, 6.45) is 9.91. The van der Waals surface area contributed by atoms with Crippen molar-refractivity contribution in [3.05, 3.63) is 87.5 Å². The third-order valence-corrected chi connectivity index (χ3v) is 4.48. The lowest BCUT2D eigenvalue weighted by Crippen LogP contribution is -2.29. The van der Waals surface area contributed by atoms with Gasteiger partial charge < -0.3 is 10.0 Å². The Bertz CT molecular complexity index is 998. The Labute approximate surface area is 198 Å². The molecule has 0 bridgehead atoms. The first-order valence-corrected chi connectivity index (χ1v) is 10.6. The lowest BCUT2D eigenvalue weighted by Gasteiger charge is -1.97. The van der Waals surface area contributed by atoms with Gasteiger partial charge in [-0.25, -0.2) is 29.9 Å². The summed E-state index contributed by atoms with van der Waals surface area (Å²) in [5.74, 6) is 0.697. The smallest absolute Gasteiger partial charge is 0.423 e. The van der Waals surface area contributed by atoms with Gasteiger partial charge in [0.25, 0.3) is 0 Å². The largest absolute Gasteiger partial charge is 0.490 e. The number of rotatable bonds is 2. The minimum absolute atomic E-state index is 0.392. The summed E-state index contributed by atoms with van der Waals surface area (Å²) in [6.45, 7) is 0. The van der Waals surface area contributed by atoms with Crippen LogP contribution in [0.5, 0.6) is 0 Å². The Balaban J connectivity index is 0.000000168. The summed E-state index contributed by atoms with van der Waals surface area (Å²) in [5.41, 5.74) is 1.31. The molecule has 12 heteroatoms. The summed E-state index contributed by atoms with van der Waals surface area (Å²) in [7, 11) is -1.43. The lowest BCUT2D eigenvalue weighted by atomic mass is 9.82. The molecule has 0 aliphatic rings. The number of hydrogen-bond acceptors (Lipinski definition) is 8. The molecule has 0 spiro atoms. The highest BCUT2D eigenvalue weighted by Crippen LogP contribution is 2.14. The van der Waals surface area contributed by atoms with Crippen LogP contribution >= 0.6 is 47.8 Å². The van der Waals surface area contributed by atoms with Crippen molar-refractivity contribution in [1.82, 2.24) is 29.9 Å². The average Bonchev–Trinajstić information content (AvgIpc) is 2.77. The van der Waals surface area contributed by atoms with E-state index < -0.39 is 7.12 Å². The minimum Gasteiger partial charge on any atom is -0.423 e. The molecule has 0 amide bonds. The van der Waals surface area contributed by atoms with Gasteiger partial charge in [0.05, 0.1) is 0 Å². The standard InChI is InChI=1S/C9H6BrN3.C5H5BBrNO2.C4H3BrN2/c10-8-3-2-7(6-13-8)9-11-4-1-5-12-9;7-5-2-1-4(3-8-5)6(9)10;5-4-6-2-1-3-7-4/h1-6H;1-3,9-10H;1-3H. The average molecular weight is 597 g/mol. The molecule has 2 N–H and O–H groups in total. The van der Waals surface area contributed by atoms with Crippen LogP contribution in [-0.4, -0.2) is 47.1 Å². The molecule has 0 saturated carbocycles. The van der Waals surface area contributed by atoms with Crippen molar-refractivity contribution in [3.63, 3.8) is 0 Å². The van der Waals surface area contributed by atoms with Gasteiger partial charge in [0.2, 0.25) is 0 Å². The zero-order chi connectivity index (χ0) is 21.8. The normalized spacial score (nSPS) is 9.50. The van der Waals surface area contributed by atoms with E-state index in [1.807, 2.05) is 12.1 Å². The van der Waals surface area contributed by atoms with Crippen molar-refractivity contribution in [2.24, 2.45) is 0 Å². The number of aromatic nitrogens is 6. The molecule has 4 heterocycles. The van der Waals surface area contributed by atoms with Crippen molar-refractivity contribution < 1.29 is 10.0 Å². The molecule has 0 fully saturated rings. The first kappa shape index (κ1) is 24.2. The second-order valence-electron chi connectivity index (χ2n) is 5.25. The number of hydrogen-bond donors (Lipinski definition) is 2. The highest BCUT2D eigenvalue weighted by Gasteiger charge is 2.09. The van der Waals surface area contributed by atoms with Gasteiger partial charge in [0, 0.05) is 48.2 Å². The van der Waals surface area contributed by atoms with E-state index in [0.717, 1.165) is 10.2 Å². The molecule has 0 radical (unpaired) electrons. The van der Waals surface area contributed by atoms with Crippen molar-refractivity contribution in [2.75, 3.05) is 0 Å². The summed E-state index contributed by atoms with van der Waals surface area (Å²) in [6, 6.07) is 10.6. The zero-order valence-electron chi connectivity index (χ0n) is 15.2. The quantitative estimate of drug-likeness (QED) is 0.206. The maximum atomic E-state index is 8.61. The third-order valence-electron chi connectivity index (χ3n) is 3.13. The molecule has 4 aromatic rings. The number of nitrogens with zero attached hydrogens (tertiary/aromatic N) is 6. The first-order valence-electron chi connectivity index (χ1n) is 8.24. The van der Waals surface area contributed by atoms with E-state index in [0.29, 0.717) is 20.6 Å². The number of halogens is 3. The van der Waals surface area contributed by atoms with Gasteiger partial charge in [-0.3, -0.25) is 0 Å². The maximum Gasteiger partial charge on any atom is 0.490 e. The second kappa shape index (κ2) is 13.2. The summed E-state index contributed by atoms with van der Waals surface area (Å²) >= 11 is 9.48. The van der Waals surface area contributed by atoms with Gasteiger partial charge in [-0.1, -0.05) is 6.07 Å². The minimum atomic E-state index is -1.43. The Morgan fingerprint density at radius 1 is 0.633 bits per heavy atom. The predicted octanol–water partition coefficient (Wildman–Crippen LogP) is 3.06. The summed E-state index contributed by atoms with van der Waals surface area (Å²) in [5, 5.41) is 17.2. The topological polar surface area (TPSA) is 118 Å². The predicted molar refractivity (Wildman–Crippen MR) is 124 cm³/mol. The van der Waals surface area contributed by atoms with E-state index in [1.165, 1.54) is 6.20 Å². The van der Waals surface area contributed by atoms with Gasteiger partial charge in [0.1, 0.15) is 9.21 Å². The maximum absolute atomic E-state index is 8.61. The monoisotopic (exact) mass is 594 g/mol. The highest BCUT2D eigenvalue weighted by atomic mass is 79.9. The fraction of sp³-hybridized carbons (Fsp3) is 0. The molecular formula is C18H14BBr3N6O2. The molecule has 30 heavy (non-hydrogen) atoms. The van der Waals surface area contributed by atoms with Crippen LogP contribution in [0.4, 0.5) is 0 Å². The van der Waals surface area contributed by atoms with Crippen LogP contribution in [0.2, 0.25) is 0 Å². The third kappa shape index (κ3) is 9.14. The van der Waals surface area contributed by atoms with E-state index >= 15 is 0 Å². The van der Waals surface area contributed by atoms with Gasteiger partial charge >= 0.3 is 7.12 Å². The van der Waals surface area contributed by atoms with Crippen LogP contribution in [-0.2, 0) is 0 Å². The molecule has 0 unspecified atom stereocenters. The number of pyridine rings is 2. The van der Waals surface area contributed by atoms with E-state index in [4.69, 9.17) is 10.0 Å². The van der Waals surface area contributed by atoms with Crippen LogP contribution in [0, 0.1) is 0 Å². The van der Waals surface area contributed by atoms with Crippen LogP contribution in [0.25, 0.3) is 11.4 Å². The Morgan fingerprint density at radius 3 is 1.57 bits per heavy atom. The van der Waals surface area contributed by atoms with Crippen LogP contribution in [0.1, 0.15) is 0 Å². The van der Waals surface area contributed by atoms with Crippen LogP contribution < -0.4 is 5.46 Å². The second-order valence-corrected chi connectivity index (χ2v) is 7.58. The summed E-state index contributed by atoms with van der Waals surface area (Å²) < 4.78 is 2.12. The van der Waals surface area contributed by atoms with Gasteiger partial charge in [-0.2, -0.15) is 0 Å². The van der Waals surface area contributed by atoms with E-state index in [2.05, 4.69) is 77.7 Å². The van der Waals surface area contributed by atoms with Crippen molar-refractivity contribution in [3.8, 4) is 11.4 Å². The molecule has 4 aromatic heterocycles. The molecule has 0 atom stereocenters. The van der Waals surface area contributed by atoms with E-state index in [-0.39, 0.29) is 0 Å². The van der Waals surface area contributed by atoms with E-state index in [1.54, 1.807) is 55.2 Å². The lowest BCUT2D eigenvalue weighted by molar-refractivity contribution is 0.425. The zero-order valence-corrected chi connectivity index (χ0v) is 20.0. The molecule has 4 rings (SSSR count). The Morgan fingerprint density at radius 2 is 1.17 bits per heavy atom. The first-order chi connectivity index (χ1) is 14.5. The molecule has 152 valence electrons. The van der Waals surface area contributed by atoms with Crippen molar-refractivity contribution in [1.29, 1.82) is 0 Å². The molecule has 8 nitrogen and oxygen atoms in total. The Hall–Kier alpha value is -2.12. The van der Waals surface area contributed by atoms with Gasteiger partial charge in [-0.05, 0) is 78.1 Å². The van der Waals surface area contributed by atoms with Crippen LogP contribution in [0.3, 0.4) is 0 Å². The molecule has 0 aliphatic heterocycles. The van der Waals surface area contributed by atoms with Crippen molar-refractivity contribution >= 4 is 60.4 Å². The fourth-order valence-corrected chi connectivity index (χ4v) is 2.48. The SMILES string of the molecule is Brc1ccc(-c2ncccn2)cn1.Brc1ncccn1.OB(O)c1ccc(Br)nc1. The highest BCUT2D eigenvalue weighted by molar-refractivity contribution is 9.11. The van der Waals surface area contributed by atoms with Crippen molar-refractivity contribution in [2.45, 2.75) is 0 Å². The molecule has 0 saturated heterocycles. The Kier molecular flexibility index (Phi) is 10.7. The van der Waals surface area contributed by atoms with E-state index in [9.17, 15) is 0 Å². The van der Waals surface area contributed by atoms with Gasteiger partial charge in [-0.15, -0.1) is 0 Å². The molecular weight excluding hydrogens is 583 g/mol. The molecule has 0 aliphatic carbocycles. The summed E-state index contributed by atoms with van der Waals surface area (Å²) in [4.78, 5) is 23.7. The van der Waals surface area contributed by atoms with Gasteiger partial charge in [0.15, 0.2) is 10.6 Å². The molecule has 0 aromatic carbocycles.